The van der Waals surface area contributed by atoms with Gasteiger partial charge < -0.3 is 10.2 Å². The van der Waals surface area contributed by atoms with E-state index in [0.29, 0.717) is 17.1 Å². The quantitative estimate of drug-likeness (QED) is 0.878. The van der Waals surface area contributed by atoms with E-state index in [9.17, 15) is 9.59 Å². The predicted molar refractivity (Wildman–Crippen MR) is 104 cm³/mol. The predicted octanol–water partition coefficient (Wildman–Crippen LogP) is 3.53. The number of hydrogen-bond donors (Lipinski definition) is 1. The van der Waals surface area contributed by atoms with E-state index in [1.165, 1.54) is 0 Å². The Morgan fingerprint density at radius 1 is 1.07 bits per heavy atom. The molecule has 0 spiro atoms. The Bertz CT molecular complexity index is 832. The Kier molecular flexibility index (Phi) is 5.12. The van der Waals surface area contributed by atoms with E-state index in [1.807, 2.05) is 23.1 Å². The number of benzene rings is 1. The summed E-state index contributed by atoms with van der Waals surface area (Å²) >= 11 is 5.87. The number of carbonyl (C=O) groups excluding carboxylic acids is 2. The number of hydrogen-bond acceptors (Lipinski definition) is 3. The molecule has 0 unspecified atom stereocenters. The molecule has 2 heterocycles. The summed E-state index contributed by atoms with van der Waals surface area (Å²) in [5.74, 6) is 0.388. The van der Waals surface area contributed by atoms with Gasteiger partial charge in [0.05, 0.1) is 10.7 Å². The van der Waals surface area contributed by atoms with Crippen molar-refractivity contribution in [3.63, 3.8) is 0 Å². The highest BCUT2D eigenvalue weighted by atomic mass is 35.5. The average molecular weight is 384 g/mol. The summed E-state index contributed by atoms with van der Waals surface area (Å²) in [6.07, 6.45) is 5.48. The zero-order valence-electron chi connectivity index (χ0n) is 15.0. The molecule has 1 aromatic carbocycles. The van der Waals surface area contributed by atoms with Crippen molar-refractivity contribution < 1.29 is 9.59 Å². The molecule has 1 N–H and O–H groups in total. The van der Waals surface area contributed by atoms with Crippen LogP contribution >= 0.6 is 11.6 Å². The molecule has 2 aliphatic rings. The maximum absolute atomic E-state index is 12.6. The summed E-state index contributed by atoms with van der Waals surface area (Å²) in [5.41, 5.74) is 2.35. The largest absolute Gasteiger partial charge is 0.348 e. The molecule has 2 amide bonds. The van der Waals surface area contributed by atoms with E-state index in [0.717, 1.165) is 43.5 Å². The molecule has 27 heavy (non-hydrogen) atoms. The summed E-state index contributed by atoms with van der Waals surface area (Å²) in [4.78, 5) is 31.0. The topological polar surface area (TPSA) is 62.3 Å². The van der Waals surface area contributed by atoms with Crippen LogP contribution in [0.15, 0.2) is 42.6 Å². The summed E-state index contributed by atoms with van der Waals surface area (Å²) in [6.45, 7) is 1.43. The van der Waals surface area contributed by atoms with Crippen LogP contribution in [0.5, 0.6) is 0 Å². The van der Waals surface area contributed by atoms with Crippen LogP contribution in [0, 0.1) is 5.92 Å². The van der Waals surface area contributed by atoms with Crippen molar-refractivity contribution >= 4 is 23.4 Å². The molecule has 1 aromatic heterocycles. The van der Waals surface area contributed by atoms with Crippen molar-refractivity contribution in [3.8, 4) is 11.3 Å². The normalized spacial score (nSPS) is 19.6. The second-order valence-corrected chi connectivity index (χ2v) is 7.75. The number of halogens is 1. The lowest BCUT2D eigenvalue weighted by Gasteiger charge is -2.33. The Morgan fingerprint density at radius 3 is 2.52 bits per heavy atom. The van der Waals surface area contributed by atoms with Gasteiger partial charge in [0.25, 0.3) is 5.91 Å². The number of aromatic nitrogens is 1. The van der Waals surface area contributed by atoms with Crippen LogP contribution in [-0.2, 0) is 4.79 Å². The zero-order chi connectivity index (χ0) is 18.8. The van der Waals surface area contributed by atoms with Gasteiger partial charge in [-0.25, -0.2) is 0 Å². The third-order valence-electron chi connectivity index (χ3n) is 5.17. The van der Waals surface area contributed by atoms with Gasteiger partial charge in [-0.1, -0.05) is 23.7 Å². The smallest absolute Gasteiger partial charge is 0.251 e. The first-order valence-corrected chi connectivity index (χ1v) is 9.79. The van der Waals surface area contributed by atoms with Crippen molar-refractivity contribution in [3.05, 3.63) is 53.2 Å². The minimum Gasteiger partial charge on any atom is -0.348 e. The Hall–Kier alpha value is -2.40. The standard InChI is InChI=1S/C21H22ClN3O2/c22-17-9-10-19(23-12-17)14-3-5-15(6-4-14)20(26)24-18-2-1-11-25(13-18)21(27)16-7-8-16/h3-6,9-10,12,16,18H,1-2,7-8,11,13H2,(H,24,26)/t18-/m1/s1. The van der Waals surface area contributed by atoms with Gasteiger partial charge in [-0.3, -0.25) is 14.6 Å². The Labute approximate surface area is 163 Å². The van der Waals surface area contributed by atoms with Gasteiger partial charge in [0.15, 0.2) is 0 Å². The van der Waals surface area contributed by atoms with Crippen LogP contribution in [0.25, 0.3) is 11.3 Å². The fourth-order valence-corrected chi connectivity index (χ4v) is 3.60. The molecule has 0 bridgehead atoms. The van der Waals surface area contributed by atoms with Crippen LogP contribution in [-0.4, -0.2) is 40.8 Å². The summed E-state index contributed by atoms with van der Waals surface area (Å²) < 4.78 is 0. The molecule has 2 fully saturated rings. The van der Waals surface area contributed by atoms with Crippen LogP contribution < -0.4 is 5.32 Å². The molecule has 1 saturated carbocycles. The number of nitrogens with zero attached hydrogens (tertiary/aromatic N) is 2. The fraction of sp³-hybridized carbons (Fsp3) is 0.381. The summed E-state index contributed by atoms with van der Waals surface area (Å²) in [7, 11) is 0. The van der Waals surface area contributed by atoms with E-state index >= 15 is 0 Å². The van der Waals surface area contributed by atoms with E-state index in [2.05, 4.69) is 10.3 Å². The molecular weight excluding hydrogens is 362 g/mol. The first-order valence-electron chi connectivity index (χ1n) is 9.42. The number of rotatable bonds is 4. The van der Waals surface area contributed by atoms with Crippen molar-refractivity contribution in [2.75, 3.05) is 13.1 Å². The first kappa shape index (κ1) is 18.0. The molecule has 5 nitrogen and oxygen atoms in total. The molecule has 140 valence electrons. The highest BCUT2D eigenvalue weighted by Crippen LogP contribution is 2.32. The molecule has 1 saturated heterocycles. The number of pyridine rings is 1. The molecule has 2 aromatic rings. The van der Waals surface area contributed by atoms with Crippen LogP contribution in [0.2, 0.25) is 5.02 Å². The second kappa shape index (κ2) is 7.69. The molecule has 1 atom stereocenters. The van der Waals surface area contributed by atoms with Gasteiger partial charge in [0.2, 0.25) is 5.91 Å². The van der Waals surface area contributed by atoms with E-state index in [1.54, 1.807) is 24.4 Å². The lowest BCUT2D eigenvalue weighted by molar-refractivity contribution is -0.133. The van der Waals surface area contributed by atoms with Crippen LogP contribution in [0.4, 0.5) is 0 Å². The molecule has 1 aliphatic heterocycles. The van der Waals surface area contributed by atoms with Gasteiger partial charge in [-0.15, -0.1) is 0 Å². The lowest BCUT2D eigenvalue weighted by atomic mass is 10.0. The van der Waals surface area contributed by atoms with Crippen LogP contribution in [0.1, 0.15) is 36.0 Å². The lowest BCUT2D eigenvalue weighted by Crippen LogP contribution is -2.50. The van der Waals surface area contributed by atoms with Crippen LogP contribution in [0.3, 0.4) is 0 Å². The van der Waals surface area contributed by atoms with Gasteiger partial charge in [0.1, 0.15) is 0 Å². The monoisotopic (exact) mass is 383 g/mol. The third-order valence-corrected chi connectivity index (χ3v) is 5.39. The Morgan fingerprint density at radius 2 is 1.85 bits per heavy atom. The Balaban J connectivity index is 1.37. The summed E-state index contributed by atoms with van der Waals surface area (Å²) in [5, 5.41) is 3.67. The fourth-order valence-electron chi connectivity index (χ4n) is 3.49. The van der Waals surface area contributed by atoms with Crippen molar-refractivity contribution in [2.24, 2.45) is 5.92 Å². The molecule has 6 heteroatoms. The number of carbonyl (C=O) groups is 2. The SMILES string of the molecule is O=C(N[C@@H]1CCCN(C(=O)C2CC2)C1)c1ccc(-c2ccc(Cl)cn2)cc1. The van der Waals surface area contributed by atoms with Gasteiger partial charge >= 0.3 is 0 Å². The maximum Gasteiger partial charge on any atom is 0.251 e. The van der Waals surface area contributed by atoms with E-state index < -0.39 is 0 Å². The first-order chi connectivity index (χ1) is 13.1. The summed E-state index contributed by atoms with van der Waals surface area (Å²) in [6, 6.07) is 11.0. The van der Waals surface area contributed by atoms with Crippen molar-refractivity contribution in [1.82, 2.24) is 15.2 Å². The number of nitrogens with one attached hydrogen (secondary N) is 1. The van der Waals surface area contributed by atoms with Gasteiger partial charge in [-0.05, 0) is 49.9 Å². The van der Waals surface area contributed by atoms with Gasteiger partial charge in [-0.2, -0.15) is 0 Å². The number of amides is 2. The van der Waals surface area contributed by atoms with Crippen molar-refractivity contribution in [1.29, 1.82) is 0 Å². The highest BCUT2D eigenvalue weighted by Gasteiger charge is 2.35. The minimum absolute atomic E-state index is 0.0200. The average Bonchev–Trinajstić information content (AvgIpc) is 3.54. The van der Waals surface area contributed by atoms with E-state index in [4.69, 9.17) is 11.6 Å². The third kappa shape index (κ3) is 4.30. The van der Waals surface area contributed by atoms with Crippen molar-refractivity contribution in [2.45, 2.75) is 31.7 Å². The van der Waals surface area contributed by atoms with Gasteiger partial charge in [0, 0.05) is 42.4 Å². The zero-order valence-corrected chi connectivity index (χ0v) is 15.8. The van der Waals surface area contributed by atoms with E-state index in [-0.39, 0.29) is 23.8 Å². The molecular formula is C21H22ClN3O2. The molecule has 4 rings (SSSR count). The molecule has 0 radical (unpaired) electrons. The number of likely N-dealkylation sites (tertiary alicyclic amines) is 1. The highest BCUT2D eigenvalue weighted by molar-refractivity contribution is 6.30. The minimum atomic E-state index is -0.101. The second-order valence-electron chi connectivity index (χ2n) is 7.31. The maximum atomic E-state index is 12.6. The molecule has 1 aliphatic carbocycles. The number of piperidine rings is 1.